The zero-order valence-corrected chi connectivity index (χ0v) is 8.90. The predicted octanol–water partition coefficient (Wildman–Crippen LogP) is 2.42. The lowest BCUT2D eigenvalue weighted by atomic mass is 9.75. The summed E-state index contributed by atoms with van der Waals surface area (Å²) >= 11 is 5.20. The Bertz CT molecular complexity index is 177. The Morgan fingerprint density at radius 3 is 2.50 bits per heavy atom. The number of aliphatic hydroxyl groups is 1. The van der Waals surface area contributed by atoms with Gasteiger partial charge in [0.1, 0.15) is 0 Å². The molecule has 1 aliphatic rings. The molecule has 0 aromatic rings. The molecule has 0 bridgehead atoms. The van der Waals surface area contributed by atoms with Crippen molar-refractivity contribution in [2.75, 3.05) is 0 Å². The number of aliphatic hydroxyl groups excluding tert-OH is 1. The Labute approximate surface area is 80.2 Å². The van der Waals surface area contributed by atoms with E-state index in [0.29, 0.717) is 17.8 Å². The fourth-order valence-electron chi connectivity index (χ4n) is 1.94. The molecule has 0 saturated heterocycles. The number of rotatable bonds is 1. The van der Waals surface area contributed by atoms with Crippen LogP contribution in [0.25, 0.3) is 0 Å². The fraction of sp³-hybridized carbons (Fsp3) is 0.900. The molecular weight excluding hydrogens is 168 g/mol. The molecule has 1 rings (SSSR count). The first-order chi connectivity index (χ1) is 5.54. The van der Waals surface area contributed by atoms with Crippen LogP contribution in [0.15, 0.2) is 0 Å². The Morgan fingerprint density at radius 1 is 1.42 bits per heavy atom. The SMILES string of the molecule is CC1CCC(C(C)C)C(O)C1=S. The number of hydrogen-bond acceptors (Lipinski definition) is 2. The molecule has 3 unspecified atom stereocenters. The van der Waals surface area contributed by atoms with Crippen LogP contribution in [0, 0.1) is 17.8 Å². The Hall–Kier alpha value is 0.0500. The summed E-state index contributed by atoms with van der Waals surface area (Å²) < 4.78 is 0. The largest absolute Gasteiger partial charge is 0.388 e. The fourth-order valence-corrected chi connectivity index (χ4v) is 2.24. The van der Waals surface area contributed by atoms with Gasteiger partial charge in [-0.2, -0.15) is 0 Å². The minimum Gasteiger partial charge on any atom is -0.388 e. The molecule has 0 aliphatic heterocycles. The molecule has 1 saturated carbocycles. The third kappa shape index (κ3) is 1.86. The summed E-state index contributed by atoms with van der Waals surface area (Å²) in [7, 11) is 0. The average Bonchev–Trinajstić information content (AvgIpc) is 2.00. The summed E-state index contributed by atoms with van der Waals surface area (Å²) in [5.74, 6) is 1.38. The van der Waals surface area contributed by atoms with Crippen LogP contribution in [0.5, 0.6) is 0 Å². The molecule has 0 radical (unpaired) electrons. The normalized spacial score (nSPS) is 37.4. The quantitative estimate of drug-likeness (QED) is 0.635. The van der Waals surface area contributed by atoms with E-state index in [2.05, 4.69) is 20.8 Å². The Kier molecular flexibility index (Phi) is 3.24. The summed E-state index contributed by atoms with van der Waals surface area (Å²) in [6.45, 7) is 6.43. The van der Waals surface area contributed by atoms with Gasteiger partial charge in [-0.05, 0) is 30.6 Å². The van der Waals surface area contributed by atoms with E-state index < -0.39 is 0 Å². The number of thiocarbonyl (C=S) groups is 1. The van der Waals surface area contributed by atoms with E-state index in [1.165, 1.54) is 0 Å². The van der Waals surface area contributed by atoms with E-state index in [9.17, 15) is 5.11 Å². The maximum Gasteiger partial charge on any atom is 0.0885 e. The van der Waals surface area contributed by atoms with Crippen LogP contribution < -0.4 is 0 Å². The van der Waals surface area contributed by atoms with Crippen molar-refractivity contribution >= 4 is 17.1 Å². The van der Waals surface area contributed by atoms with Crippen molar-refractivity contribution in [2.45, 2.75) is 39.7 Å². The lowest BCUT2D eigenvalue weighted by Crippen LogP contribution is -2.39. The van der Waals surface area contributed by atoms with E-state index >= 15 is 0 Å². The molecule has 2 heteroatoms. The Balaban J connectivity index is 2.65. The molecule has 3 atom stereocenters. The van der Waals surface area contributed by atoms with E-state index in [1.807, 2.05) is 0 Å². The number of hydrogen-bond donors (Lipinski definition) is 1. The summed E-state index contributed by atoms with van der Waals surface area (Å²) in [5, 5.41) is 9.84. The second-order valence-corrected chi connectivity index (χ2v) is 4.70. The van der Waals surface area contributed by atoms with Crippen LogP contribution in [0.1, 0.15) is 33.6 Å². The van der Waals surface area contributed by atoms with Crippen molar-refractivity contribution in [2.24, 2.45) is 17.8 Å². The molecule has 1 nitrogen and oxygen atoms in total. The summed E-state index contributed by atoms with van der Waals surface area (Å²) in [5.41, 5.74) is 0. The first-order valence-electron chi connectivity index (χ1n) is 4.75. The van der Waals surface area contributed by atoms with Gasteiger partial charge >= 0.3 is 0 Å². The van der Waals surface area contributed by atoms with E-state index in [1.54, 1.807) is 0 Å². The van der Waals surface area contributed by atoms with Crippen molar-refractivity contribution in [1.82, 2.24) is 0 Å². The monoisotopic (exact) mass is 186 g/mol. The van der Waals surface area contributed by atoms with Gasteiger partial charge in [0.05, 0.1) is 6.10 Å². The van der Waals surface area contributed by atoms with Crippen LogP contribution >= 0.6 is 12.2 Å². The van der Waals surface area contributed by atoms with Crippen LogP contribution in [0.3, 0.4) is 0 Å². The topological polar surface area (TPSA) is 20.2 Å². The molecule has 70 valence electrons. The molecule has 0 amide bonds. The van der Waals surface area contributed by atoms with Crippen molar-refractivity contribution in [3.05, 3.63) is 0 Å². The predicted molar refractivity (Wildman–Crippen MR) is 55.3 cm³/mol. The zero-order valence-electron chi connectivity index (χ0n) is 8.08. The standard InChI is InChI=1S/C10H18OS/c1-6(2)8-5-4-7(3)10(12)9(8)11/h6-9,11H,4-5H2,1-3H3. The van der Waals surface area contributed by atoms with Gasteiger partial charge in [0.15, 0.2) is 0 Å². The molecule has 0 aromatic carbocycles. The molecule has 1 fully saturated rings. The lowest BCUT2D eigenvalue weighted by molar-refractivity contribution is 0.112. The molecule has 0 spiro atoms. The maximum atomic E-state index is 9.84. The van der Waals surface area contributed by atoms with Crippen LogP contribution in [-0.4, -0.2) is 16.1 Å². The average molecular weight is 186 g/mol. The second-order valence-electron chi connectivity index (χ2n) is 4.23. The van der Waals surface area contributed by atoms with Gasteiger partial charge in [-0.15, -0.1) is 0 Å². The van der Waals surface area contributed by atoms with E-state index in [-0.39, 0.29) is 6.10 Å². The minimum atomic E-state index is -0.330. The van der Waals surface area contributed by atoms with Crippen LogP contribution in [0.4, 0.5) is 0 Å². The smallest absolute Gasteiger partial charge is 0.0885 e. The first-order valence-corrected chi connectivity index (χ1v) is 5.16. The van der Waals surface area contributed by atoms with Crippen LogP contribution in [0.2, 0.25) is 0 Å². The molecule has 1 N–H and O–H groups in total. The van der Waals surface area contributed by atoms with E-state index in [0.717, 1.165) is 17.7 Å². The highest BCUT2D eigenvalue weighted by molar-refractivity contribution is 7.80. The van der Waals surface area contributed by atoms with Crippen molar-refractivity contribution in [3.8, 4) is 0 Å². The molecular formula is C10H18OS. The van der Waals surface area contributed by atoms with Gasteiger partial charge < -0.3 is 5.11 Å². The van der Waals surface area contributed by atoms with E-state index in [4.69, 9.17) is 12.2 Å². The minimum absolute atomic E-state index is 0.330. The molecule has 0 aromatic heterocycles. The van der Waals surface area contributed by atoms with Crippen molar-refractivity contribution in [1.29, 1.82) is 0 Å². The summed E-state index contributed by atoms with van der Waals surface area (Å²) in [6, 6.07) is 0. The van der Waals surface area contributed by atoms with Crippen molar-refractivity contribution < 1.29 is 5.11 Å². The van der Waals surface area contributed by atoms with Gasteiger partial charge in [-0.1, -0.05) is 33.0 Å². The Morgan fingerprint density at radius 2 is 2.00 bits per heavy atom. The summed E-state index contributed by atoms with van der Waals surface area (Å²) in [4.78, 5) is 0.875. The molecule has 1 aliphatic carbocycles. The maximum absolute atomic E-state index is 9.84. The molecule has 0 heterocycles. The van der Waals surface area contributed by atoms with Crippen LogP contribution in [-0.2, 0) is 0 Å². The third-order valence-corrected chi connectivity index (χ3v) is 3.62. The van der Waals surface area contributed by atoms with Gasteiger partial charge in [-0.3, -0.25) is 0 Å². The second kappa shape index (κ2) is 3.84. The molecule has 12 heavy (non-hydrogen) atoms. The van der Waals surface area contributed by atoms with Crippen molar-refractivity contribution in [3.63, 3.8) is 0 Å². The highest BCUT2D eigenvalue weighted by Gasteiger charge is 2.32. The van der Waals surface area contributed by atoms with Gasteiger partial charge in [0.25, 0.3) is 0 Å². The third-order valence-electron chi connectivity index (χ3n) is 2.97. The van der Waals surface area contributed by atoms with Gasteiger partial charge in [-0.25, -0.2) is 0 Å². The van der Waals surface area contributed by atoms with Gasteiger partial charge in [0, 0.05) is 4.86 Å². The summed E-state index contributed by atoms with van der Waals surface area (Å²) in [6.07, 6.45) is 1.95. The highest BCUT2D eigenvalue weighted by Crippen LogP contribution is 2.31. The first kappa shape index (κ1) is 10.1. The highest BCUT2D eigenvalue weighted by atomic mass is 32.1. The lowest BCUT2D eigenvalue weighted by Gasteiger charge is -2.34. The van der Waals surface area contributed by atoms with Gasteiger partial charge in [0.2, 0.25) is 0 Å². The zero-order chi connectivity index (χ0) is 9.30.